The quantitative estimate of drug-likeness (QED) is 0.722. The first-order valence-electron chi connectivity index (χ1n) is 10.3. The van der Waals surface area contributed by atoms with Gasteiger partial charge < -0.3 is 9.72 Å². The van der Waals surface area contributed by atoms with Gasteiger partial charge in [0.15, 0.2) is 0 Å². The molecule has 2 aromatic carbocycles. The number of nitrogens with one attached hydrogen (secondary N) is 1. The minimum atomic E-state index is -0.0645. The van der Waals surface area contributed by atoms with Gasteiger partial charge in [-0.05, 0) is 54.2 Å². The van der Waals surface area contributed by atoms with E-state index in [1.807, 2.05) is 12.1 Å². The summed E-state index contributed by atoms with van der Waals surface area (Å²) in [5.74, 6) is 2.07. The normalized spacial score (nSPS) is 16.4. The lowest BCUT2D eigenvalue weighted by atomic mass is 9.99. The van der Waals surface area contributed by atoms with Crippen LogP contribution in [-0.4, -0.2) is 28.5 Å². The van der Waals surface area contributed by atoms with Crippen molar-refractivity contribution in [3.8, 4) is 17.1 Å². The predicted octanol–water partition coefficient (Wildman–Crippen LogP) is 3.88. The second-order valence-electron chi connectivity index (χ2n) is 8.09. The summed E-state index contributed by atoms with van der Waals surface area (Å²) in [6.07, 6.45) is 3.31. The van der Waals surface area contributed by atoms with Gasteiger partial charge in [-0.25, -0.2) is 4.98 Å². The summed E-state index contributed by atoms with van der Waals surface area (Å²) in [7, 11) is 1.71. The highest BCUT2D eigenvalue weighted by molar-refractivity contribution is 5.56. The average molecular weight is 387 g/mol. The highest BCUT2D eigenvalue weighted by Crippen LogP contribution is 2.38. The van der Waals surface area contributed by atoms with Crippen LogP contribution in [0.15, 0.2) is 53.3 Å². The van der Waals surface area contributed by atoms with Gasteiger partial charge >= 0.3 is 0 Å². The monoisotopic (exact) mass is 387 g/mol. The van der Waals surface area contributed by atoms with Gasteiger partial charge in [0.2, 0.25) is 0 Å². The lowest BCUT2D eigenvalue weighted by molar-refractivity contribution is 0.245. The number of aromatic amines is 1. The van der Waals surface area contributed by atoms with Gasteiger partial charge in [-0.15, -0.1) is 0 Å². The molecule has 5 rings (SSSR count). The summed E-state index contributed by atoms with van der Waals surface area (Å²) < 4.78 is 5.35. The lowest BCUT2D eigenvalue weighted by Gasteiger charge is -2.29. The Morgan fingerprint density at radius 2 is 2.03 bits per heavy atom. The third-order valence-electron chi connectivity index (χ3n) is 5.87. The molecule has 3 aromatic rings. The molecule has 0 spiro atoms. The Morgan fingerprint density at radius 1 is 1.14 bits per heavy atom. The van der Waals surface area contributed by atoms with Crippen molar-refractivity contribution in [3.63, 3.8) is 0 Å². The van der Waals surface area contributed by atoms with Gasteiger partial charge in [-0.3, -0.25) is 9.69 Å². The zero-order valence-corrected chi connectivity index (χ0v) is 16.6. The van der Waals surface area contributed by atoms with Crippen LogP contribution in [0.4, 0.5) is 0 Å². The van der Waals surface area contributed by atoms with Crippen LogP contribution in [0.5, 0.6) is 5.75 Å². The molecule has 5 nitrogen and oxygen atoms in total. The number of rotatable bonds is 5. The lowest BCUT2D eigenvalue weighted by Crippen LogP contribution is -2.30. The molecule has 0 radical (unpaired) electrons. The van der Waals surface area contributed by atoms with Crippen LogP contribution in [0.3, 0.4) is 0 Å². The molecule has 1 aliphatic carbocycles. The smallest absolute Gasteiger partial charge is 0.251 e. The van der Waals surface area contributed by atoms with Crippen molar-refractivity contribution in [2.24, 2.45) is 0 Å². The molecule has 2 aliphatic rings. The molecule has 0 atom stereocenters. The number of fused-ring (bicyclic) bond motifs is 1. The van der Waals surface area contributed by atoms with Gasteiger partial charge in [0.1, 0.15) is 11.6 Å². The molecule has 1 saturated carbocycles. The molecular formula is C24H25N3O2. The molecule has 29 heavy (non-hydrogen) atoms. The third kappa shape index (κ3) is 3.96. The Kier molecular flexibility index (Phi) is 4.68. The van der Waals surface area contributed by atoms with Crippen molar-refractivity contribution in [1.82, 2.24) is 14.9 Å². The van der Waals surface area contributed by atoms with E-state index in [-0.39, 0.29) is 5.56 Å². The van der Waals surface area contributed by atoms with Crippen molar-refractivity contribution >= 4 is 0 Å². The SMILES string of the molecule is COc1ccc2c(c1)CCN(Cc1cccc(-c3nc(C4CC4)cc(=O)[nH]3)c1)C2. The number of nitrogens with zero attached hydrogens (tertiary/aromatic N) is 2. The summed E-state index contributed by atoms with van der Waals surface area (Å²) in [6.45, 7) is 2.85. The Hall–Kier alpha value is -2.92. The molecule has 148 valence electrons. The van der Waals surface area contributed by atoms with Gasteiger partial charge in [0.05, 0.1) is 12.8 Å². The molecule has 0 saturated heterocycles. The van der Waals surface area contributed by atoms with E-state index in [4.69, 9.17) is 9.72 Å². The summed E-state index contributed by atoms with van der Waals surface area (Å²) in [6, 6.07) is 16.4. The van der Waals surface area contributed by atoms with Gasteiger partial charge in [-0.2, -0.15) is 0 Å². The Morgan fingerprint density at radius 3 is 2.86 bits per heavy atom. The highest BCUT2D eigenvalue weighted by atomic mass is 16.5. The van der Waals surface area contributed by atoms with Crippen molar-refractivity contribution in [3.05, 3.63) is 81.3 Å². The number of hydrogen-bond donors (Lipinski definition) is 1. The molecule has 0 bridgehead atoms. The van der Waals surface area contributed by atoms with E-state index in [1.54, 1.807) is 13.2 Å². The van der Waals surface area contributed by atoms with Crippen LogP contribution in [0.25, 0.3) is 11.4 Å². The summed E-state index contributed by atoms with van der Waals surface area (Å²) in [4.78, 5) is 22.2. The first kappa shape index (κ1) is 18.1. The van der Waals surface area contributed by atoms with Crippen LogP contribution in [0, 0.1) is 0 Å². The number of ether oxygens (including phenoxy) is 1. The topological polar surface area (TPSA) is 58.2 Å². The summed E-state index contributed by atoms with van der Waals surface area (Å²) >= 11 is 0. The van der Waals surface area contributed by atoms with Gasteiger partial charge in [0.25, 0.3) is 5.56 Å². The second kappa shape index (κ2) is 7.48. The maximum atomic E-state index is 12.1. The molecular weight excluding hydrogens is 362 g/mol. The van der Waals surface area contributed by atoms with Gasteiger partial charge in [0, 0.05) is 37.2 Å². The Bertz CT molecular complexity index is 1100. The van der Waals surface area contributed by atoms with E-state index >= 15 is 0 Å². The van der Waals surface area contributed by atoms with Crippen LogP contribution in [0.2, 0.25) is 0 Å². The maximum absolute atomic E-state index is 12.1. The maximum Gasteiger partial charge on any atom is 0.251 e. The number of methoxy groups -OCH3 is 1. The number of hydrogen-bond acceptors (Lipinski definition) is 4. The minimum absolute atomic E-state index is 0.0645. The van der Waals surface area contributed by atoms with E-state index in [0.29, 0.717) is 11.7 Å². The molecule has 0 amide bonds. The fourth-order valence-corrected chi connectivity index (χ4v) is 4.13. The van der Waals surface area contributed by atoms with E-state index in [0.717, 1.165) is 55.9 Å². The molecule has 2 heterocycles. The van der Waals surface area contributed by atoms with Crippen molar-refractivity contribution in [2.75, 3.05) is 13.7 Å². The first-order chi connectivity index (χ1) is 14.2. The first-order valence-corrected chi connectivity index (χ1v) is 10.3. The van der Waals surface area contributed by atoms with E-state index in [1.165, 1.54) is 16.7 Å². The van der Waals surface area contributed by atoms with Crippen LogP contribution >= 0.6 is 0 Å². The number of H-pyrrole nitrogens is 1. The summed E-state index contributed by atoms with van der Waals surface area (Å²) in [5, 5.41) is 0. The van der Waals surface area contributed by atoms with Crippen LogP contribution in [0.1, 0.15) is 41.1 Å². The highest BCUT2D eigenvalue weighted by Gasteiger charge is 2.26. The largest absolute Gasteiger partial charge is 0.497 e. The van der Waals surface area contributed by atoms with Crippen molar-refractivity contribution < 1.29 is 4.74 Å². The predicted molar refractivity (Wildman–Crippen MR) is 113 cm³/mol. The fourth-order valence-electron chi connectivity index (χ4n) is 4.13. The molecule has 0 unspecified atom stereocenters. The van der Waals surface area contributed by atoms with Crippen LogP contribution < -0.4 is 10.3 Å². The van der Waals surface area contributed by atoms with E-state index < -0.39 is 0 Å². The summed E-state index contributed by atoms with van der Waals surface area (Å²) in [5.41, 5.74) is 5.83. The Balaban J connectivity index is 1.35. The average Bonchev–Trinajstić information content (AvgIpc) is 3.59. The fraction of sp³-hybridized carbons (Fsp3) is 0.333. The van der Waals surface area contributed by atoms with Crippen LogP contribution in [-0.2, 0) is 19.5 Å². The Labute approximate surface area is 170 Å². The standard InChI is InChI=1S/C24H25N3O2/c1-29-21-8-7-20-15-27(10-9-18(20)12-21)14-16-3-2-4-19(11-16)24-25-22(17-5-6-17)13-23(28)26-24/h2-4,7-8,11-13,17H,5-6,9-10,14-15H2,1H3,(H,25,26,28). The second-order valence-corrected chi connectivity index (χ2v) is 8.09. The zero-order chi connectivity index (χ0) is 19.8. The molecule has 1 aromatic heterocycles. The molecule has 1 N–H and O–H groups in total. The van der Waals surface area contributed by atoms with Crippen molar-refractivity contribution in [2.45, 2.75) is 38.3 Å². The van der Waals surface area contributed by atoms with Gasteiger partial charge in [-0.1, -0.05) is 24.3 Å². The van der Waals surface area contributed by atoms with Crippen molar-refractivity contribution in [1.29, 1.82) is 0 Å². The molecule has 5 heteroatoms. The molecule has 1 fully saturated rings. The van der Waals surface area contributed by atoms with E-state index in [2.05, 4.69) is 40.2 Å². The molecule has 1 aliphatic heterocycles. The minimum Gasteiger partial charge on any atom is -0.497 e. The third-order valence-corrected chi connectivity index (χ3v) is 5.87. The number of benzene rings is 2. The zero-order valence-electron chi connectivity index (χ0n) is 16.6. The number of aromatic nitrogens is 2. The van der Waals surface area contributed by atoms with E-state index in [9.17, 15) is 4.79 Å².